The second kappa shape index (κ2) is 9.52. The minimum atomic E-state index is 0.209. The summed E-state index contributed by atoms with van der Waals surface area (Å²) in [5.41, 5.74) is 6.25. The molecule has 2 fully saturated rings. The van der Waals surface area contributed by atoms with Crippen LogP contribution in [0.15, 0.2) is 35.5 Å². The van der Waals surface area contributed by atoms with Crippen LogP contribution in [-0.4, -0.2) is 42.0 Å². The number of nitrogens with one attached hydrogen (secondary N) is 4. The van der Waals surface area contributed by atoms with Gasteiger partial charge in [0.2, 0.25) is 11.9 Å². The van der Waals surface area contributed by atoms with Gasteiger partial charge in [-0.1, -0.05) is 12.5 Å². The van der Waals surface area contributed by atoms with Crippen LogP contribution in [0.3, 0.4) is 0 Å². The zero-order chi connectivity index (χ0) is 21.8. The summed E-state index contributed by atoms with van der Waals surface area (Å²) in [5.74, 6) is 2.46. The number of anilines is 4. The van der Waals surface area contributed by atoms with Crippen LogP contribution in [0.5, 0.6) is 0 Å². The lowest BCUT2D eigenvalue weighted by Crippen LogP contribution is -2.35. The first-order chi connectivity index (χ1) is 15.8. The molecule has 32 heavy (non-hydrogen) atoms. The fourth-order valence-electron chi connectivity index (χ4n) is 3.91. The Morgan fingerprint density at radius 3 is 2.84 bits per heavy atom. The van der Waals surface area contributed by atoms with Crippen LogP contribution >= 0.6 is 0 Å². The molecule has 2 heterocycles. The van der Waals surface area contributed by atoms with Crippen molar-refractivity contribution in [2.24, 2.45) is 10.9 Å². The van der Waals surface area contributed by atoms with E-state index in [4.69, 9.17) is 4.98 Å². The molecular weight excluding hydrogens is 404 g/mol. The molecule has 0 atom stereocenters. The number of rotatable bonds is 10. The normalized spacial score (nSPS) is 17.8. The van der Waals surface area contributed by atoms with Crippen molar-refractivity contribution in [3.8, 4) is 0 Å². The van der Waals surface area contributed by atoms with Gasteiger partial charge in [0, 0.05) is 36.5 Å². The SMILES string of the molecule is O=C(NCCCNc1nc(Nc2cccc(N3C=NCN3)c2)ncc1C1CC1)C1CCC1. The van der Waals surface area contributed by atoms with Crippen molar-refractivity contribution < 1.29 is 4.79 Å². The van der Waals surface area contributed by atoms with E-state index in [2.05, 4.69) is 31.4 Å². The number of aliphatic imine (C=N–C) groups is 1. The maximum absolute atomic E-state index is 12.0. The summed E-state index contributed by atoms with van der Waals surface area (Å²) in [4.78, 5) is 25.5. The van der Waals surface area contributed by atoms with Crippen LogP contribution in [0.1, 0.15) is 50.0 Å². The second-order valence-corrected chi connectivity index (χ2v) is 8.63. The highest BCUT2D eigenvalue weighted by molar-refractivity contribution is 5.81. The molecule has 1 aromatic heterocycles. The number of nitrogens with zero attached hydrogens (tertiary/aromatic N) is 4. The summed E-state index contributed by atoms with van der Waals surface area (Å²) in [6, 6.07) is 8.03. The van der Waals surface area contributed by atoms with Crippen LogP contribution in [0, 0.1) is 5.92 Å². The average molecular weight is 435 g/mol. The molecule has 2 aromatic rings. The molecule has 5 rings (SSSR count). The van der Waals surface area contributed by atoms with Gasteiger partial charge in [-0.2, -0.15) is 4.98 Å². The number of carbonyl (C=O) groups is 1. The number of benzene rings is 1. The van der Waals surface area contributed by atoms with Crippen LogP contribution in [0.2, 0.25) is 0 Å². The number of carbonyl (C=O) groups excluding carboxylic acids is 1. The Labute approximate surface area is 188 Å². The van der Waals surface area contributed by atoms with Crippen LogP contribution in [0.25, 0.3) is 0 Å². The van der Waals surface area contributed by atoms with Gasteiger partial charge in [0.1, 0.15) is 18.8 Å². The van der Waals surface area contributed by atoms with Gasteiger partial charge in [-0.25, -0.2) is 10.4 Å². The van der Waals surface area contributed by atoms with E-state index in [0.717, 1.165) is 43.0 Å². The van der Waals surface area contributed by atoms with Crippen molar-refractivity contribution in [1.82, 2.24) is 20.7 Å². The van der Waals surface area contributed by atoms with Gasteiger partial charge in [0.05, 0.1) is 5.69 Å². The van der Waals surface area contributed by atoms with Gasteiger partial charge in [-0.3, -0.25) is 14.8 Å². The summed E-state index contributed by atoms with van der Waals surface area (Å²) >= 11 is 0. The molecule has 1 aliphatic heterocycles. The lowest BCUT2D eigenvalue weighted by Gasteiger charge is -2.24. The standard InChI is InChI=1S/C23H30N8O/c32-22(17-4-1-5-17)26-11-3-10-25-21-20(16-8-9-16)13-27-23(30-21)29-18-6-2-7-19(12-18)31-15-24-14-28-31/h2,6-7,12-13,15-17,28H,1,3-5,8-11,14H2,(H,26,32)(H2,25,27,29,30). The van der Waals surface area contributed by atoms with Gasteiger partial charge in [-0.05, 0) is 56.2 Å². The van der Waals surface area contributed by atoms with E-state index in [0.29, 0.717) is 25.1 Å². The van der Waals surface area contributed by atoms with Crippen molar-refractivity contribution in [3.63, 3.8) is 0 Å². The fraction of sp³-hybridized carbons (Fsp3) is 0.478. The third-order valence-electron chi connectivity index (χ3n) is 6.17. The molecule has 0 unspecified atom stereocenters. The molecule has 9 nitrogen and oxygen atoms in total. The second-order valence-electron chi connectivity index (χ2n) is 8.63. The van der Waals surface area contributed by atoms with E-state index in [1.807, 2.05) is 35.5 Å². The van der Waals surface area contributed by atoms with E-state index in [1.54, 1.807) is 6.34 Å². The fourth-order valence-corrected chi connectivity index (χ4v) is 3.91. The quantitative estimate of drug-likeness (QED) is 0.426. The largest absolute Gasteiger partial charge is 0.370 e. The molecule has 3 aliphatic rings. The molecule has 0 spiro atoms. The Bertz CT molecular complexity index is 986. The molecule has 0 saturated heterocycles. The molecule has 4 N–H and O–H groups in total. The third-order valence-corrected chi connectivity index (χ3v) is 6.17. The molecular formula is C23H30N8O. The number of hydrogen-bond donors (Lipinski definition) is 4. The predicted octanol–water partition coefficient (Wildman–Crippen LogP) is 3.13. The Kier molecular flexibility index (Phi) is 6.15. The summed E-state index contributed by atoms with van der Waals surface area (Å²) in [6.07, 6.45) is 10.2. The predicted molar refractivity (Wildman–Crippen MR) is 126 cm³/mol. The van der Waals surface area contributed by atoms with Crippen LogP contribution in [0.4, 0.5) is 23.1 Å². The summed E-state index contributed by atoms with van der Waals surface area (Å²) in [5, 5.41) is 11.7. The molecule has 168 valence electrons. The Hall–Kier alpha value is -3.20. The summed E-state index contributed by atoms with van der Waals surface area (Å²) in [7, 11) is 0. The maximum atomic E-state index is 12.0. The monoisotopic (exact) mass is 434 g/mol. The van der Waals surface area contributed by atoms with Crippen LogP contribution < -0.4 is 26.4 Å². The Morgan fingerprint density at radius 1 is 1.19 bits per heavy atom. The van der Waals surface area contributed by atoms with Crippen LogP contribution in [-0.2, 0) is 4.79 Å². The zero-order valence-corrected chi connectivity index (χ0v) is 18.2. The molecule has 2 aliphatic carbocycles. The van der Waals surface area contributed by atoms with E-state index in [1.165, 1.54) is 24.8 Å². The summed E-state index contributed by atoms with van der Waals surface area (Å²) < 4.78 is 0. The minimum absolute atomic E-state index is 0.209. The van der Waals surface area contributed by atoms with Gasteiger partial charge in [0.15, 0.2) is 0 Å². The minimum Gasteiger partial charge on any atom is -0.370 e. The Morgan fingerprint density at radius 2 is 2.09 bits per heavy atom. The molecule has 1 amide bonds. The number of amides is 1. The highest BCUT2D eigenvalue weighted by Gasteiger charge is 2.28. The highest BCUT2D eigenvalue weighted by atomic mass is 16.1. The van der Waals surface area contributed by atoms with E-state index < -0.39 is 0 Å². The van der Waals surface area contributed by atoms with E-state index in [-0.39, 0.29) is 11.8 Å². The van der Waals surface area contributed by atoms with Crippen molar-refractivity contribution in [2.45, 2.75) is 44.4 Å². The van der Waals surface area contributed by atoms with E-state index >= 15 is 0 Å². The zero-order valence-electron chi connectivity index (χ0n) is 18.2. The van der Waals surface area contributed by atoms with E-state index in [9.17, 15) is 4.79 Å². The maximum Gasteiger partial charge on any atom is 0.229 e. The first-order valence-corrected chi connectivity index (χ1v) is 11.5. The average Bonchev–Trinajstić information content (AvgIpc) is 3.45. The molecule has 0 radical (unpaired) electrons. The number of aromatic nitrogens is 2. The first kappa shape index (κ1) is 20.7. The van der Waals surface area contributed by atoms with Crippen molar-refractivity contribution >= 4 is 35.4 Å². The topological polar surface area (TPSA) is 107 Å². The van der Waals surface area contributed by atoms with Crippen molar-refractivity contribution in [1.29, 1.82) is 0 Å². The van der Waals surface area contributed by atoms with Gasteiger partial charge < -0.3 is 16.0 Å². The lowest BCUT2D eigenvalue weighted by atomic mass is 9.85. The molecule has 1 aromatic carbocycles. The van der Waals surface area contributed by atoms with Gasteiger partial charge in [-0.15, -0.1) is 0 Å². The molecule has 9 heteroatoms. The van der Waals surface area contributed by atoms with Crippen molar-refractivity contribution in [3.05, 3.63) is 36.0 Å². The van der Waals surface area contributed by atoms with Crippen molar-refractivity contribution in [2.75, 3.05) is 35.4 Å². The Balaban J connectivity index is 1.19. The number of hydrogen-bond acceptors (Lipinski definition) is 8. The molecule has 2 saturated carbocycles. The van der Waals surface area contributed by atoms with Gasteiger partial charge in [0.25, 0.3) is 0 Å². The smallest absolute Gasteiger partial charge is 0.229 e. The first-order valence-electron chi connectivity index (χ1n) is 11.5. The third kappa shape index (κ3) is 4.99. The summed E-state index contributed by atoms with van der Waals surface area (Å²) in [6.45, 7) is 2.04. The number of hydrazine groups is 1. The highest BCUT2D eigenvalue weighted by Crippen LogP contribution is 2.42. The lowest BCUT2D eigenvalue weighted by molar-refractivity contribution is -0.127. The molecule has 0 bridgehead atoms. The van der Waals surface area contributed by atoms with Gasteiger partial charge >= 0.3 is 0 Å².